The highest BCUT2D eigenvalue weighted by Crippen LogP contribution is 2.66. The Balaban J connectivity index is 1.74. The van der Waals surface area contributed by atoms with Gasteiger partial charge in [0, 0.05) is 6.04 Å². The van der Waals surface area contributed by atoms with Gasteiger partial charge in [-0.15, -0.1) is 0 Å². The Morgan fingerprint density at radius 1 is 1.16 bits per heavy atom. The van der Waals surface area contributed by atoms with Crippen LogP contribution in [0.1, 0.15) is 78.1 Å². The zero-order valence-electron chi connectivity index (χ0n) is 12.9. The molecule has 0 heterocycles. The van der Waals surface area contributed by atoms with Crippen LogP contribution in [0.3, 0.4) is 0 Å². The van der Waals surface area contributed by atoms with E-state index in [1.165, 1.54) is 64.2 Å². The Labute approximate surface area is 118 Å². The maximum atomic E-state index is 5.97. The van der Waals surface area contributed by atoms with Gasteiger partial charge in [-0.3, -0.25) is 11.3 Å². The summed E-state index contributed by atoms with van der Waals surface area (Å²) in [5, 5.41) is 0. The van der Waals surface area contributed by atoms with E-state index < -0.39 is 0 Å². The van der Waals surface area contributed by atoms with E-state index in [-0.39, 0.29) is 0 Å². The van der Waals surface area contributed by atoms with Gasteiger partial charge in [-0.25, -0.2) is 0 Å². The summed E-state index contributed by atoms with van der Waals surface area (Å²) in [7, 11) is 0. The van der Waals surface area contributed by atoms with Gasteiger partial charge in [-0.05, 0) is 67.6 Å². The van der Waals surface area contributed by atoms with Crippen molar-refractivity contribution in [2.75, 3.05) is 0 Å². The van der Waals surface area contributed by atoms with Crippen LogP contribution in [0.5, 0.6) is 0 Å². The highest BCUT2D eigenvalue weighted by Gasteiger charge is 2.57. The lowest BCUT2D eigenvalue weighted by Crippen LogP contribution is -2.59. The monoisotopic (exact) mass is 264 g/mol. The van der Waals surface area contributed by atoms with E-state index in [1.54, 1.807) is 0 Å². The van der Waals surface area contributed by atoms with E-state index in [2.05, 4.69) is 19.3 Å². The minimum Gasteiger partial charge on any atom is -0.271 e. The molecule has 2 nitrogen and oxygen atoms in total. The first-order valence-electron chi connectivity index (χ1n) is 8.55. The van der Waals surface area contributed by atoms with Gasteiger partial charge >= 0.3 is 0 Å². The molecule has 0 saturated heterocycles. The second-order valence-electron chi connectivity index (χ2n) is 8.35. The first-order valence-corrected chi connectivity index (χ1v) is 8.55. The predicted molar refractivity (Wildman–Crippen MR) is 80.5 cm³/mol. The molecule has 3 atom stereocenters. The van der Waals surface area contributed by atoms with Crippen LogP contribution in [0.4, 0.5) is 0 Å². The summed E-state index contributed by atoms with van der Waals surface area (Å²) in [6, 6.07) is 0.573. The second-order valence-corrected chi connectivity index (χ2v) is 8.35. The van der Waals surface area contributed by atoms with Crippen LogP contribution in [0, 0.1) is 22.7 Å². The van der Waals surface area contributed by atoms with Crippen LogP contribution < -0.4 is 11.3 Å². The quantitative estimate of drug-likeness (QED) is 0.432. The van der Waals surface area contributed by atoms with E-state index >= 15 is 0 Å². The standard InChI is InChI=1S/C17H32N2/c1-3-4-5-6-15(19-18)17-10-13-7-14(11-17)9-16(2,8-13)12-17/h13-15,19H,3-12,18H2,1-2H3. The third-order valence-corrected chi connectivity index (χ3v) is 6.44. The van der Waals surface area contributed by atoms with Crippen molar-refractivity contribution < 1.29 is 0 Å². The fraction of sp³-hybridized carbons (Fsp3) is 1.00. The fourth-order valence-electron chi connectivity index (χ4n) is 6.37. The van der Waals surface area contributed by atoms with Crippen molar-refractivity contribution in [3.63, 3.8) is 0 Å². The molecule has 3 N–H and O–H groups in total. The Bertz CT molecular complexity index is 311. The van der Waals surface area contributed by atoms with Crippen molar-refractivity contribution in [2.45, 2.75) is 84.1 Å². The lowest BCUT2D eigenvalue weighted by atomic mass is 9.43. The van der Waals surface area contributed by atoms with Crippen molar-refractivity contribution in [1.29, 1.82) is 0 Å². The van der Waals surface area contributed by atoms with E-state index in [9.17, 15) is 0 Å². The molecular formula is C17H32N2. The van der Waals surface area contributed by atoms with Crippen molar-refractivity contribution >= 4 is 0 Å². The Morgan fingerprint density at radius 3 is 2.37 bits per heavy atom. The summed E-state index contributed by atoms with van der Waals surface area (Å²) in [5.41, 5.74) is 4.42. The summed E-state index contributed by atoms with van der Waals surface area (Å²) in [6.45, 7) is 4.84. The van der Waals surface area contributed by atoms with Gasteiger partial charge in [-0.1, -0.05) is 33.1 Å². The average molecular weight is 264 g/mol. The van der Waals surface area contributed by atoms with Crippen LogP contribution in [0.25, 0.3) is 0 Å². The third-order valence-electron chi connectivity index (χ3n) is 6.44. The molecule has 4 aliphatic carbocycles. The Kier molecular flexibility index (Phi) is 3.68. The largest absolute Gasteiger partial charge is 0.271 e. The van der Waals surface area contributed by atoms with Gasteiger partial charge < -0.3 is 0 Å². The summed E-state index contributed by atoms with van der Waals surface area (Å²) in [5.74, 6) is 7.98. The number of nitrogens with two attached hydrogens (primary N) is 1. The van der Waals surface area contributed by atoms with Crippen molar-refractivity contribution in [2.24, 2.45) is 28.5 Å². The normalized spacial score (nSPS) is 45.6. The number of unbranched alkanes of at least 4 members (excludes halogenated alkanes) is 2. The molecule has 4 fully saturated rings. The maximum absolute atomic E-state index is 5.97. The van der Waals surface area contributed by atoms with Crippen LogP contribution in [0.15, 0.2) is 0 Å². The molecule has 0 aromatic rings. The molecule has 2 heteroatoms. The molecule has 0 aromatic carbocycles. The molecule has 4 aliphatic rings. The second kappa shape index (κ2) is 5.04. The van der Waals surface area contributed by atoms with Gasteiger partial charge in [0.25, 0.3) is 0 Å². The van der Waals surface area contributed by atoms with Crippen LogP contribution in [0.2, 0.25) is 0 Å². The lowest BCUT2D eigenvalue weighted by Gasteiger charge is -2.63. The SMILES string of the molecule is CCCCCC(NN)C12CC3CC(CC(C)(C3)C1)C2. The Morgan fingerprint density at radius 2 is 1.84 bits per heavy atom. The molecule has 4 saturated carbocycles. The van der Waals surface area contributed by atoms with E-state index in [4.69, 9.17) is 5.84 Å². The molecule has 0 aromatic heterocycles. The molecule has 0 amide bonds. The average Bonchev–Trinajstić information content (AvgIpc) is 2.31. The number of hydrazine groups is 1. The molecule has 4 rings (SSSR count). The number of nitrogens with one attached hydrogen (secondary N) is 1. The number of hydrogen-bond acceptors (Lipinski definition) is 2. The van der Waals surface area contributed by atoms with Gasteiger partial charge in [0.05, 0.1) is 0 Å². The zero-order chi connectivity index (χ0) is 13.5. The summed E-state index contributed by atoms with van der Waals surface area (Å²) < 4.78 is 0. The molecule has 0 radical (unpaired) electrons. The molecule has 0 spiro atoms. The minimum absolute atomic E-state index is 0.543. The molecule has 0 aliphatic heterocycles. The van der Waals surface area contributed by atoms with Crippen molar-refractivity contribution in [1.82, 2.24) is 5.43 Å². The van der Waals surface area contributed by atoms with Gasteiger partial charge in [0.1, 0.15) is 0 Å². The topological polar surface area (TPSA) is 38.0 Å². The van der Waals surface area contributed by atoms with Crippen molar-refractivity contribution in [3.05, 3.63) is 0 Å². The minimum atomic E-state index is 0.543. The first kappa shape index (κ1) is 13.9. The first-order chi connectivity index (χ1) is 9.09. The summed E-state index contributed by atoms with van der Waals surface area (Å²) in [6.07, 6.45) is 14.2. The molecule has 19 heavy (non-hydrogen) atoms. The van der Waals surface area contributed by atoms with Gasteiger partial charge in [0.15, 0.2) is 0 Å². The highest BCUT2D eigenvalue weighted by molar-refractivity contribution is 5.09. The fourth-order valence-corrected chi connectivity index (χ4v) is 6.37. The van der Waals surface area contributed by atoms with Crippen LogP contribution in [-0.4, -0.2) is 6.04 Å². The van der Waals surface area contributed by atoms with E-state index in [0.29, 0.717) is 16.9 Å². The van der Waals surface area contributed by atoms with Crippen molar-refractivity contribution in [3.8, 4) is 0 Å². The number of rotatable bonds is 6. The number of hydrogen-bond donors (Lipinski definition) is 2. The smallest absolute Gasteiger partial charge is 0.0267 e. The van der Waals surface area contributed by atoms with Gasteiger partial charge in [0.2, 0.25) is 0 Å². The molecule has 110 valence electrons. The predicted octanol–water partition coefficient (Wildman–Crippen LogP) is 4.01. The van der Waals surface area contributed by atoms with E-state index in [0.717, 1.165) is 11.8 Å². The van der Waals surface area contributed by atoms with E-state index in [1.807, 2.05) is 0 Å². The van der Waals surface area contributed by atoms with Gasteiger partial charge in [-0.2, -0.15) is 0 Å². The summed E-state index contributed by atoms with van der Waals surface area (Å²) in [4.78, 5) is 0. The molecule has 3 unspecified atom stereocenters. The van der Waals surface area contributed by atoms with Crippen LogP contribution >= 0.6 is 0 Å². The molecule has 4 bridgehead atoms. The van der Waals surface area contributed by atoms with Crippen LogP contribution in [-0.2, 0) is 0 Å². The summed E-state index contributed by atoms with van der Waals surface area (Å²) >= 11 is 0. The molecular weight excluding hydrogens is 232 g/mol. The Hall–Kier alpha value is -0.0800. The third kappa shape index (κ3) is 2.47. The maximum Gasteiger partial charge on any atom is 0.0267 e. The lowest BCUT2D eigenvalue weighted by molar-refractivity contribution is -0.119. The zero-order valence-corrected chi connectivity index (χ0v) is 12.9. The highest BCUT2D eigenvalue weighted by atomic mass is 15.2.